The van der Waals surface area contributed by atoms with Crippen molar-refractivity contribution in [1.29, 1.82) is 0 Å². The predicted octanol–water partition coefficient (Wildman–Crippen LogP) is 2.05. The molecule has 0 atom stereocenters. The van der Waals surface area contributed by atoms with Crippen molar-refractivity contribution in [1.82, 2.24) is 4.98 Å². The van der Waals surface area contributed by atoms with Crippen LogP contribution in [0, 0.1) is 0 Å². The third kappa shape index (κ3) is 6.67. The van der Waals surface area contributed by atoms with Gasteiger partial charge in [-0.1, -0.05) is 0 Å². The molecule has 0 saturated heterocycles. The smallest absolute Gasteiger partial charge is 0.180 e. The number of nitrogens with zero attached hydrogens (tertiary/aromatic N) is 1. The molecule has 0 aliphatic rings. The molecule has 0 N–H and O–H groups in total. The monoisotopic (exact) mass is 229 g/mol. The number of hydrogen-bond acceptors (Lipinski definition) is 2. The van der Waals surface area contributed by atoms with E-state index in [1.807, 2.05) is 0 Å². The second-order valence-corrected chi connectivity index (χ2v) is 4.48. The Bertz CT molecular complexity index is 84.2. The second-order valence-electron chi connectivity index (χ2n) is 0.747. The Hall–Kier alpha value is 0.673. The van der Waals surface area contributed by atoms with Crippen LogP contribution < -0.4 is 0 Å². The van der Waals surface area contributed by atoms with Crippen molar-refractivity contribution in [2.75, 3.05) is 0 Å². The topological polar surface area (TPSA) is 26.0 Å². The average Bonchev–Trinajstić information content (AvgIpc) is 2.17. The van der Waals surface area contributed by atoms with Crippen molar-refractivity contribution >= 4 is 17.0 Å². The molecule has 0 saturated carbocycles. The molecular formula is C3H3Cl2NOZr. The van der Waals surface area contributed by atoms with Gasteiger partial charge in [0.05, 0.1) is 6.20 Å². The summed E-state index contributed by atoms with van der Waals surface area (Å²) in [6.07, 6.45) is 4.47. The van der Waals surface area contributed by atoms with Crippen LogP contribution in [0.4, 0.5) is 0 Å². The summed E-state index contributed by atoms with van der Waals surface area (Å²) in [7, 11) is 9.87. The van der Waals surface area contributed by atoms with Gasteiger partial charge in [-0.15, -0.1) is 0 Å². The van der Waals surface area contributed by atoms with Crippen molar-refractivity contribution in [3.63, 3.8) is 0 Å². The maximum atomic E-state index is 4.93. The van der Waals surface area contributed by atoms with Gasteiger partial charge >= 0.3 is 37.9 Å². The molecule has 0 amide bonds. The minimum atomic E-state index is -0.826. The summed E-state index contributed by atoms with van der Waals surface area (Å²) >= 11 is -0.826. The zero-order valence-corrected chi connectivity index (χ0v) is 7.81. The third-order valence-electron chi connectivity index (χ3n) is 0.347. The first kappa shape index (κ1) is 8.67. The van der Waals surface area contributed by atoms with Crippen LogP contribution >= 0.6 is 17.0 Å². The Morgan fingerprint density at radius 1 is 1.50 bits per heavy atom. The van der Waals surface area contributed by atoms with Gasteiger partial charge in [0.15, 0.2) is 6.39 Å². The van der Waals surface area contributed by atoms with Crippen molar-refractivity contribution in [3.05, 3.63) is 18.9 Å². The maximum absolute atomic E-state index is 4.93. The van der Waals surface area contributed by atoms with Gasteiger partial charge < -0.3 is 4.42 Å². The van der Waals surface area contributed by atoms with Crippen LogP contribution in [0.15, 0.2) is 23.3 Å². The minimum absolute atomic E-state index is 0.826. The molecule has 0 aromatic carbocycles. The Morgan fingerprint density at radius 2 is 2.12 bits per heavy atom. The molecule has 0 unspecified atom stereocenters. The van der Waals surface area contributed by atoms with E-state index in [4.69, 9.17) is 17.0 Å². The van der Waals surface area contributed by atoms with Gasteiger partial charge in [-0.3, -0.25) is 0 Å². The molecule has 1 rings (SSSR count). The minimum Gasteiger partial charge on any atom is -0.452 e. The molecule has 8 heavy (non-hydrogen) atoms. The zero-order valence-electron chi connectivity index (χ0n) is 3.84. The fourth-order valence-corrected chi connectivity index (χ4v) is 0.176. The summed E-state index contributed by atoms with van der Waals surface area (Å²) in [5.74, 6) is 0. The fraction of sp³-hybridized carbons (Fsp3) is 0. The Kier molecular flexibility index (Phi) is 8.32. The number of hydrogen-bond donors (Lipinski definition) is 0. The van der Waals surface area contributed by atoms with Crippen LogP contribution in [0.5, 0.6) is 0 Å². The van der Waals surface area contributed by atoms with Crippen LogP contribution in [0.2, 0.25) is 0 Å². The van der Waals surface area contributed by atoms with Gasteiger partial charge in [0.1, 0.15) is 6.26 Å². The zero-order chi connectivity index (χ0) is 6.24. The van der Waals surface area contributed by atoms with Crippen LogP contribution in [0.1, 0.15) is 0 Å². The molecule has 0 bridgehead atoms. The molecule has 1 heterocycles. The molecule has 0 aliphatic carbocycles. The number of aromatic nitrogens is 1. The summed E-state index contributed by atoms with van der Waals surface area (Å²) in [6.45, 7) is 0. The Balaban J connectivity index is 0.000000145. The van der Waals surface area contributed by atoms with Gasteiger partial charge in [-0.05, 0) is 0 Å². The molecule has 1 aromatic rings. The number of oxazole rings is 1. The van der Waals surface area contributed by atoms with E-state index in [-0.39, 0.29) is 0 Å². The quantitative estimate of drug-likeness (QED) is 0.683. The van der Waals surface area contributed by atoms with Crippen molar-refractivity contribution in [2.24, 2.45) is 0 Å². The van der Waals surface area contributed by atoms with Crippen molar-refractivity contribution in [3.8, 4) is 0 Å². The number of halogens is 2. The van der Waals surface area contributed by atoms with E-state index in [9.17, 15) is 0 Å². The molecular weight excluding hydrogens is 228 g/mol. The first-order valence-corrected chi connectivity index (χ1v) is 8.03. The summed E-state index contributed by atoms with van der Waals surface area (Å²) in [4.78, 5) is 3.56. The van der Waals surface area contributed by atoms with Crippen LogP contribution in [0.25, 0.3) is 0 Å². The summed E-state index contributed by atoms with van der Waals surface area (Å²) in [6, 6.07) is 0. The molecule has 0 fully saturated rings. The maximum Gasteiger partial charge on any atom is 0.180 e. The largest absolute Gasteiger partial charge is 0.452 e. The molecule has 2 nitrogen and oxygen atoms in total. The molecule has 1 aromatic heterocycles. The summed E-state index contributed by atoms with van der Waals surface area (Å²) in [5.41, 5.74) is 0. The molecule has 44 valence electrons. The Labute approximate surface area is 65.9 Å². The Morgan fingerprint density at radius 3 is 2.25 bits per heavy atom. The number of rotatable bonds is 0. The van der Waals surface area contributed by atoms with E-state index in [0.717, 1.165) is 0 Å². The average molecular weight is 231 g/mol. The molecule has 0 aliphatic heterocycles. The van der Waals surface area contributed by atoms with E-state index < -0.39 is 20.8 Å². The van der Waals surface area contributed by atoms with E-state index in [1.165, 1.54) is 12.7 Å². The van der Waals surface area contributed by atoms with Crippen LogP contribution in [0.3, 0.4) is 0 Å². The van der Waals surface area contributed by atoms with E-state index in [1.54, 1.807) is 6.20 Å². The second kappa shape index (κ2) is 7.67. The molecule has 0 spiro atoms. The fourth-order valence-electron chi connectivity index (χ4n) is 0.176. The predicted molar refractivity (Wildman–Crippen MR) is 28.2 cm³/mol. The standard InChI is InChI=1S/C3H3NO.2ClH.Zr/c1-2-5-3-4-1;;;/h1-3H;2*1H;/q;;;+2/p-2. The van der Waals surface area contributed by atoms with Gasteiger partial charge in [-0.2, -0.15) is 0 Å². The van der Waals surface area contributed by atoms with E-state index in [2.05, 4.69) is 9.40 Å². The molecule has 5 heteroatoms. The van der Waals surface area contributed by atoms with Crippen molar-refractivity contribution in [2.45, 2.75) is 0 Å². The first-order chi connectivity index (χ1) is 3.91. The van der Waals surface area contributed by atoms with Crippen LogP contribution in [-0.4, -0.2) is 4.98 Å². The summed E-state index contributed by atoms with van der Waals surface area (Å²) < 4.78 is 4.47. The van der Waals surface area contributed by atoms with Gasteiger partial charge in [0, 0.05) is 0 Å². The van der Waals surface area contributed by atoms with Crippen LogP contribution in [-0.2, 0) is 20.8 Å². The SMILES string of the molecule is [Cl][Zr][Cl].c1cocn1. The molecule has 0 radical (unpaired) electrons. The van der Waals surface area contributed by atoms with Gasteiger partial charge in [0.25, 0.3) is 0 Å². The van der Waals surface area contributed by atoms with Gasteiger partial charge in [-0.25, -0.2) is 4.98 Å². The third-order valence-corrected chi connectivity index (χ3v) is 0.347. The summed E-state index contributed by atoms with van der Waals surface area (Å²) in [5, 5.41) is 0. The first-order valence-electron chi connectivity index (χ1n) is 1.70. The van der Waals surface area contributed by atoms with Crippen molar-refractivity contribution < 1.29 is 25.3 Å². The normalized spacial score (nSPS) is 6.75. The van der Waals surface area contributed by atoms with Gasteiger partial charge in [0.2, 0.25) is 0 Å². The van der Waals surface area contributed by atoms with E-state index >= 15 is 0 Å². The van der Waals surface area contributed by atoms with E-state index in [0.29, 0.717) is 0 Å².